The summed E-state index contributed by atoms with van der Waals surface area (Å²) < 4.78 is 0. The number of fused-ring (bicyclic) bond motifs is 4. The quantitative estimate of drug-likeness (QED) is 0.246. The average molecular weight is 550 g/mol. The van der Waals surface area contributed by atoms with Crippen LogP contribution in [-0.4, -0.2) is 28.5 Å². The Kier molecular flexibility index (Phi) is 5.48. The smallest absolute Gasteiger partial charge is 0.238 e. The molecule has 6 nitrogen and oxygen atoms in total. The molecular formula is C33H24ClNO5. The van der Waals surface area contributed by atoms with E-state index in [1.807, 2.05) is 30.3 Å². The summed E-state index contributed by atoms with van der Waals surface area (Å²) >= 11 is 6.05. The van der Waals surface area contributed by atoms with Crippen LogP contribution in [-0.2, 0) is 19.2 Å². The molecule has 198 valence electrons. The molecule has 3 aliphatic carbocycles. The van der Waals surface area contributed by atoms with Crippen molar-refractivity contribution >= 4 is 51.4 Å². The Hall–Kier alpha value is -4.29. The molecule has 4 aliphatic rings. The number of amides is 2. The summed E-state index contributed by atoms with van der Waals surface area (Å²) in [5.74, 6) is -3.06. The molecule has 0 bridgehead atoms. The highest BCUT2D eigenvalue weighted by molar-refractivity contribution is 6.31. The molecule has 40 heavy (non-hydrogen) atoms. The van der Waals surface area contributed by atoms with Crippen LogP contribution in [0.25, 0.3) is 10.8 Å². The fraction of sp³-hybridized carbons (Fsp3) is 0.212. The maximum Gasteiger partial charge on any atom is 0.238 e. The Morgan fingerprint density at radius 1 is 0.875 bits per heavy atom. The van der Waals surface area contributed by atoms with E-state index in [0.29, 0.717) is 39.2 Å². The van der Waals surface area contributed by atoms with Crippen molar-refractivity contribution in [2.45, 2.75) is 25.7 Å². The standard InChI is InChI=1S/C33H24ClNO5/c1-16-14-27(37)30-25(31(16)38)15-24-22(28(30)21-12-13-26(36)20-5-3-2-4-19(20)21)10-11-23-29(24)33(40)35(32(23)39)18-8-6-17(34)7-9-18/h2-10,12-14,23-24,28-29,36H,11,15H2,1H3. The lowest BCUT2D eigenvalue weighted by molar-refractivity contribution is -0.123. The van der Waals surface area contributed by atoms with Crippen LogP contribution < -0.4 is 4.90 Å². The summed E-state index contributed by atoms with van der Waals surface area (Å²) in [6.07, 6.45) is 3.98. The molecule has 0 saturated carbocycles. The number of Topliss-reactive ketones (excluding diaryl/α,β-unsaturated/α-hetero) is 1. The third kappa shape index (κ3) is 3.42. The van der Waals surface area contributed by atoms with Crippen LogP contribution in [0.1, 0.15) is 31.2 Å². The van der Waals surface area contributed by atoms with Gasteiger partial charge in [0.1, 0.15) is 5.75 Å². The molecule has 1 fully saturated rings. The van der Waals surface area contributed by atoms with Crippen molar-refractivity contribution in [1.29, 1.82) is 0 Å². The number of carbonyl (C=O) groups excluding carboxylic acids is 4. The number of phenols is 1. The summed E-state index contributed by atoms with van der Waals surface area (Å²) in [6.45, 7) is 1.64. The number of halogens is 1. The first-order chi connectivity index (χ1) is 19.3. The first kappa shape index (κ1) is 24.7. The van der Waals surface area contributed by atoms with Gasteiger partial charge in [0.15, 0.2) is 11.6 Å². The van der Waals surface area contributed by atoms with E-state index in [1.54, 1.807) is 43.3 Å². The van der Waals surface area contributed by atoms with E-state index in [9.17, 15) is 24.3 Å². The lowest BCUT2D eigenvalue weighted by atomic mass is 9.59. The molecule has 1 saturated heterocycles. The van der Waals surface area contributed by atoms with Crippen molar-refractivity contribution in [2.75, 3.05) is 4.90 Å². The normalized spacial score (nSPS) is 26.0. The molecule has 4 atom stereocenters. The van der Waals surface area contributed by atoms with Gasteiger partial charge in [-0.2, -0.15) is 0 Å². The zero-order chi connectivity index (χ0) is 27.9. The van der Waals surface area contributed by atoms with Crippen molar-refractivity contribution in [3.63, 3.8) is 0 Å². The Balaban J connectivity index is 1.41. The van der Waals surface area contributed by atoms with E-state index >= 15 is 0 Å². The molecule has 3 aromatic rings. The maximum atomic E-state index is 14.0. The molecule has 0 aromatic heterocycles. The topological polar surface area (TPSA) is 91.8 Å². The van der Waals surface area contributed by atoms with Crippen molar-refractivity contribution in [3.8, 4) is 5.75 Å². The molecule has 0 spiro atoms. The molecule has 4 unspecified atom stereocenters. The third-order valence-corrected chi connectivity index (χ3v) is 9.14. The van der Waals surface area contributed by atoms with Crippen molar-refractivity contribution in [2.24, 2.45) is 17.8 Å². The number of benzene rings is 3. The number of allylic oxidation sites excluding steroid dienone is 6. The molecule has 3 aromatic carbocycles. The monoisotopic (exact) mass is 549 g/mol. The number of anilines is 1. The van der Waals surface area contributed by atoms with Gasteiger partial charge >= 0.3 is 0 Å². The predicted octanol–water partition coefficient (Wildman–Crippen LogP) is 5.83. The van der Waals surface area contributed by atoms with Gasteiger partial charge in [-0.25, -0.2) is 0 Å². The number of nitrogens with zero attached hydrogens (tertiary/aromatic N) is 1. The van der Waals surface area contributed by atoms with Gasteiger partial charge in [0.2, 0.25) is 11.8 Å². The fourth-order valence-corrected chi connectivity index (χ4v) is 7.27. The number of rotatable bonds is 2. The molecule has 2 amide bonds. The molecule has 1 N–H and O–H groups in total. The number of carbonyl (C=O) groups is 4. The Morgan fingerprint density at radius 2 is 1.60 bits per heavy atom. The summed E-state index contributed by atoms with van der Waals surface area (Å²) in [4.78, 5) is 55.9. The van der Waals surface area contributed by atoms with Crippen molar-refractivity contribution < 1.29 is 24.3 Å². The minimum absolute atomic E-state index is 0.121. The van der Waals surface area contributed by atoms with Crippen LogP contribution in [0.4, 0.5) is 5.69 Å². The number of hydrogen-bond donors (Lipinski definition) is 1. The predicted molar refractivity (Wildman–Crippen MR) is 151 cm³/mol. The fourth-order valence-electron chi connectivity index (χ4n) is 7.14. The second kappa shape index (κ2) is 8.86. The minimum Gasteiger partial charge on any atom is -0.507 e. The second-order valence-electron chi connectivity index (χ2n) is 10.9. The van der Waals surface area contributed by atoms with Gasteiger partial charge in [-0.3, -0.25) is 24.1 Å². The minimum atomic E-state index is -0.655. The van der Waals surface area contributed by atoms with Gasteiger partial charge in [-0.05, 0) is 73.0 Å². The van der Waals surface area contributed by atoms with Crippen LogP contribution >= 0.6 is 11.6 Å². The van der Waals surface area contributed by atoms with Gasteiger partial charge in [0.05, 0.1) is 17.5 Å². The van der Waals surface area contributed by atoms with Gasteiger partial charge < -0.3 is 5.11 Å². The zero-order valence-corrected chi connectivity index (χ0v) is 22.3. The van der Waals surface area contributed by atoms with E-state index in [-0.39, 0.29) is 35.6 Å². The number of ketones is 2. The summed E-state index contributed by atoms with van der Waals surface area (Å²) in [5.41, 5.74) is 3.35. The highest BCUT2D eigenvalue weighted by atomic mass is 35.5. The number of aromatic hydroxyl groups is 1. The van der Waals surface area contributed by atoms with Crippen molar-refractivity contribution in [1.82, 2.24) is 0 Å². The van der Waals surface area contributed by atoms with Crippen LogP contribution in [0.15, 0.2) is 95.1 Å². The third-order valence-electron chi connectivity index (χ3n) is 8.89. The number of hydrogen-bond acceptors (Lipinski definition) is 5. The highest BCUT2D eigenvalue weighted by Gasteiger charge is 2.56. The van der Waals surface area contributed by atoms with E-state index in [1.165, 1.54) is 11.0 Å². The van der Waals surface area contributed by atoms with Gasteiger partial charge in [-0.1, -0.05) is 53.6 Å². The van der Waals surface area contributed by atoms with E-state index in [2.05, 4.69) is 0 Å². The lowest BCUT2D eigenvalue weighted by Gasteiger charge is -2.42. The van der Waals surface area contributed by atoms with Crippen LogP contribution in [0.5, 0.6) is 5.75 Å². The molecule has 1 heterocycles. The average Bonchev–Trinajstić information content (AvgIpc) is 3.21. The van der Waals surface area contributed by atoms with E-state index < -0.39 is 23.7 Å². The summed E-state index contributed by atoms with van der Waals surface area (Å²) in [7, 11) is 0. The molecule has 7 heteroatoms. The SMILES string of the molecule is CC1=CC(=O)C2=C(CC3C(=CCC4C(=O)N(c5ccc(Cl)cc5)C(=O)C43)C2c2ccc(O)c3ccccc23)C1=O. The summed E-state index contributed by atoms with van der Waals surface area (Å²) in [5, 5.41) is 12.5. The van der Waals surface area contributed by atoms with Gasteiger partial charge in [-0.15, -0.1) is 0 Å². The molecule has 0 radical (unpaired) electrons. The Labute approximate surface area is 235 Å². The van der Waals surface area contributed by atoms with Crippen molar-refractivity contribution in [3.05, 3.63) is 106 Å². The molecular weight excluding hydrogens is 526 g/mol. The summed E-state index contributed by atoms with van der Waals surface area (Å²) in [6, 6.07) is 17.4. The first-order valence-corrected chi connectivity index (χ1v) is 13.7. The van der Waals surface area contributed by atoms with Crippen LogP contribution in [0.2, 0.25) is 5.02 Å². The number of phenolic OH excluding ortho intramolecular Hbond substituents is 1. The first-order valence-electron chi connectivity index (χ1n) is 13.3. The maximum absolute atomic E-state index is 14.0. The van der Waals surface area contributed by atoms with E-state index in [4.69, 9.17) is 11.6 Å². The molecule has 7 rings (SSSR count). The second-order valence-corrected chi connectivity index (χ2v) is 11.4. The Morgan fingerprint density at radius 3 is 2.35 bits per heavy atom. The lowest BCUT2D eigenvalue weighted by Crippen LogP contribution is -2.39. The number of imide groups is 1. The van der Waals surface area contributed by atoms with Gasteiger partial charge in [0, 0.05) is 33.0 Å². The molecule has 1 aliphatic heterocycles. The highest BCUT2D eigenvalue weighted by Crippen LogP contribution is 2.56. The largest absolute Gasteiger partial charge is 0.507 e. The van der Waals surface area contributed by atoms with Crippen LogP contribution in [0, 0.1) is 17.8 Å². The van der Waals surface area contributed by atoms with Gasteiger partial charge in [0.25, 0.3) is 0 Å². The van der Waals surface area contributed by atoms with E-state index in [0.717, 1.165) is 16.5 Å². The Bertz CT molecular complexity index is 1780. The van der Waals surface area contributed by atoms with Crippen LogP contribution in [0.3, 0.4) is 0 Å². The zero-order valence-electron chi connectivity index (χ0n) is 21.6.